The van der Waals surface area contributed by atoms with Crippen molar-refractivity contribution in [1.82, 2.24) is 0 Å². The lowest BCUT2D eigenvalue weighted by Gasteiger charge is -2.21. The van der Waals surface area contributed by atoms with Crippen LogP contribution in [0.1, 0.15) is 32.8 Å². The summed E-state index contributed by atoms with van der Waals surface area (Å²) in [4.78, 5) is 2.36. The van der Waals surface area contributed by atoms with Crippen LogP contribution >= 0.6 is 0 Å². The Labute approximate surface area is 99.5 Å². The molecule has 0 aromatic heterocycles. The molecule has 0 unspecified atom stereocenters. The Morgan fingerprint density at radius 1 is 1.12 bits per heavy atom. The van der Waals surface area contributed by atoms with Gasteiger partial charge in [0, 0.05) is 24.8 Å². The summed E-state index contributed by atoms with van der Waals surface area (Å²) in [6, 6.07) is 9.15. The molecule has 1 aromatic carbocycles. The van der Waals surface area contributed by atoms with E-state index in [2.05, 4.69) is 49.9 Å². The molecule has 16 heavy (non-hydrogen) atoms. The molecule has 0 aliphatic carbocycles. The molecular formula is C14H24N2. The molecule has 0 bridgehead atoms. The van der Waals surface area contributed by atoms with E-state index in [9.17, 15) is 0 Å². The zero-order valence-electron chi connectivity index (χ0n) is 10.7. The molecule has 0 amide bonds. The van der Waals surface area contributed by atoms with Crippen LogP contribution in [0.3, 0.4) is 0 Å². The van der Waals surface area contributed by atoms with Crippen molar-refractivity contribution in [3.63, 3.8) is 0 Å². The van der Waals surface area contributed by atoms with Gasteiger partial charge in [0.2, 0.25) is 0 Å². The number of rotatable bonds is 6. The maximum atomic E-state index is 5.75. The molecule has 0 saturated heterocycles. The molecule has 2 heteroatoms. The van der Waals surface area contributed by atoms with Crippen LogP contribution in [-0.2, 0) is 6.42 Å². The van der Waals surface area contributed by atoms with Crippen LogP contribution in [0.5, 0.6) is 0 Å². The second-order valence-electron chi connectivity index (χ2n) is 4.35. The summed E-state index contributed by atoms with van der Waals surface area (Å²) >= 11 is 0. The van der Waals surface area contributed by atoms with Crippen molar-refractivity contribution in [2.24, 2.45) is 5.73 Å². The van der Waals surface area contributed by atoms with Gasteiger partial charge in [0.15, 0.2) is 0 Å². The van der Waals surface area contributed by atoms with Crippen LogP contribution in [0.15, 0.2) is 24.3 Å². The lowest BCUT2D eigenvalue weighted by Crippen LogP contribution is -2.21. The van der Waals surface area contributed by atoms with Gasteiger partial charge < -0.3 is 10.6 Å². The van der Waals surface area contributed by atoms with E-state index in [0.717, 1.165) is 25.9 Å². The van der Waals surface area contributed by atoms with Crippen molar-refractivity contribution in [3.05, 3.63) is 29.8 Å². The average molecular weight is 220 g/mol. The van der Waals surface area contributed by atoms with Crippen molar-refractivity contribution in [2.45, 2.75) is 39.7 Å². The van der Waals surface area contributed by atoms with Crippen LogP contribution in [0.2, 0.25) is 0 Å². The highest BCUT2D eigenvalue weighted by Crippen LogP contribution is 2.15. The Balaban J connectivity index is 2.60. The maximum Gasteiger partial charge on any atom is 0.0366 e. The predicted octanol–water partition coefficient (Wildman–Crippen LogP) is 2.81. The number of hydrogen-bond donors (Lipinski definition) is 1. The number of benzene rings is 1. The third kappa shape index (κ3) is 3.86. The van der Waals surface area contributed by atoms with Crippen LogP contribution in [0.4, 0.5) is 5.69 Å². The fourth-order valence-electron chi connectivity index (χ4n) is 1.86. The van der Waals surface area contributed by atoms with Gasteiger partial charge in [-0.15, -0.1) is 0 Å². The Morgan fingerprint density at radius 3 is 2.12 bits per heavy atom. The number of hydrogen-bond acceptors (Lipinski definition) is 2. The first-order valence-corrected chi connectivity index (χ1v) is 6.26. The Morgan fingerprint density at radius 2 is 1.69 bits per heavy atom. The number of aryl methyl sites for hydroxylation is 1. The smallest absolute Gasteiger partial charge is 0.0366 e. The molecule has 0 aliphatic rings. The molecule has 2 N–H and O–H groups in total. The minimum absolute atomic E-state index is 0.294. The van der Waals surface area contributed by atoms with E-state index < -0.39 is 0 Å². The Hall–Kier alpha value is -1.02. The molecule has 2 nitrogen and oxygen atoms in total. The van der Waals surface area contributed by atoms with E-state index in [0.29, 0.717) is 6.04 Å². The summed E-state index contributed by atoms with van der Waals surface area (Å²) in [6.07, 6.45) is 2.14. The van der Waals surface area contributed by atoms with E-state index in [1.54, 1.807) is 0 Å². The molecular weight excluding hydrogens is 196 g/mol. The quantitative estimate of drug-likeness (QED) is 0.798. The molecule has 1 rings (SSSR count). The minimum Gasteiger partial charge on any atom is -0.372 e. The van der Waals surface area contributed by atoms with Gasteiger partial charge in [0.25, 0.3) is 0 Å². The summed E-state index contributed by atoms with van der Waals surface area (Å²) in [7, 11) is 0. The van der Waals surface area contributed by atoms with E-state index in [1.165, 1.54) is 11.3 Å². The predicted molar refractivity (Wildman–Crippen MR) is 72.0 cm³/mol. The van der Waals surface area contributed by atoms with Crippen LogP contribution < -0.4 is 10.6 Å². The van der Waals surface area contributed by atoms with Gasteiger partial charge in [0.05, 0.1) is 0 Å². The average Bonchev–Trinajstić information content (AvgIpc) is 2.29. The fraction of sp³-hybridized carbons (Fsp3) is 0.571. The van der Waals surface area contributed by atoms with Gasteiger partial charge in [0.1, 0.15) is 0 Å². The first kappa shape index (κ1) is 13.0. The first-order valence-electron chi connectivity index (χ1n) is 6.26. The zero-order chi connectivity index (χ0) is 12.0. The molecule has 0 saturated carbocycles. The lowest BCUT2D eigenvalue weighted by molar-refractivity contribution is 0.666. The summed E-state index contributed by atoms with van der Waals surface area (Å²) in [5.74, 6) is 0. The largest absolute Gasteiger partial charge is 0.372 e. The van der Waals surface area contributed by atoms with Crippen molar-refractivity contribution in [2.75, 3.05) is 18.0 Å². The van der Waals surface area contributed by atoms with Crippen molar-refractivity contribution >= 4 is 5.69 Å². The molecule has 0 spiro atoms. The molecule has 1 aromatic rings. The second-order valence-corrected chi connectivity index (χ2v) is 4.35. The Bertz CT molecular complexity index is 286. The minimum atomic E-state index is 0.294. The molecule has 1 atom stereocenters. The van der Waals surface area contributed by atoms with E-state index in [1.807, 2.05) is 0 Å². The van der Waals surface area contributed by atoms with E-state index in [-0.39, 0.29) is 0 Å². The normalized spacial score (nSPS) is 12.5. The summed E-state index contributed by atoms with van der Waals surface area (Å²) < 4.78 is 0. The number of nitrogens with two attached hydrogens (primary N) is 1. The van der Waals surface area contributed by atoms with Crippen molar-refractivity contribution < 1.29 is 0 Å². The molecule has 0 fully saturated rings. The highest BCUT2D eigenvalue weighted by Gasteiger charge is 2.01. The number of nitrogens with zero attached hydrogens (tertiary/aromatic N) is 1. The third-order valence-corrected chi connectivity index (χ3v) is 2.95. The summed E-state index contributed by atoms with van der Waals surface area (Å²) in [5.41, 5.74) is 8.45. The van der Waals surface area contributed by atoms with Crippen molar-refractivity contribution in [1.29, 1.82) is 0 Å². The highest BCUT2D eigenvalue weighted by molar-refractivity contribution is 5.47. The van der Waals surface area contributed by atoms with E-state index >= 15 is 0 Å². The SMILES string of the molecule is CCN(CC)c1ccc(CC[C@@H](C)N)cc1. The summed E-state index contributed by atoms with van der Waals surface area (Å²) in [6.45, 7) is 8.57. The molecule has 0 radical (unpaired) electrons. The van der Waals surface area contributed by atoms with Gasteiger partial charge >= 0.3 is 0 Å². The monoisotopic (exact) mass is 220 g/mol. The van der Waals surface area contributed by atoms with Gasteiger partial charge in [-0.05, 0) is 51.3 Å². The first-order chi connectivity index (χ1) is 7.67. The van der Waals surface area contributed by atoms with Gasteiger partial charge in [-0.1, -0.05) is 12.1 Å². The van der Waals surface area contributed by atoms with Crippen LogP contribution in [0, 0.1) is 0 Å². The molecule has 0 heterocycles. The van der Waals surface area contributed by atoms with Gasteiger partial charge in [-0.3, -0.25) is 0 Å². The van der Waals surface area contributed by atoms with E-state index in [4.69, 9.17) is 5.73 Å². The highest BCUT2D eigenvalue weighted by atomic mass is 15.1. The Kier molecular flexibility index (Phi) is 5.33. The van der Waals surface area contributed by atoms with Crippen LogP contribution in [-0.4, -0.2) is 19.1 Å². The topological polar surface area (TPSA) is 29.3 Å². The van der Waals surface area contributed by atoms with Gasteiger partial charge in [-0.2, -0.15) is 0 Å². The maximum absolute atomic E-state index is 5.75. The fourth-order valence-corrected chi connectivity index (χ4v) is 1.86. The summed E-state index contributed by atoms with van der Waals surface area (Å²) in [5, 5.41) is 0. The molecule has 90 valence electrons. The second kappa shape index (κ2) is 6.54. The molecule has 0 aliphatic heterocycles. The van der Waals surface area contributed by atoms with Crippen molar-refractivity contribution in [3.8, 4) is 0 Å². The van der Waals surface area contributed by atoms with Crippen LogP contribution in [0.25, 0.3) is 0 Å². The number of anilines is 1. The zero-order valence-corrected chi connectivity index (χ0v) is 10.7. The van der Waals surface area contributed by atoms with Gasteiger partial charge in [-0.25, -0.2) is 0 Å². The standard InChI is InChI=1S/C14H24N2/c1-4-16(5-2)14-10-8-13(9-11-14)7-6-12(3)15/h8-12H,4-7,15H2,1-3H3/t12-/m1/s1. The lowest BCUT2D eigenvalue weighted by atomic mass is 10.1. The third-order valence-electron chi connectivity index (χ3n) is 2.95.